The van der Waals surface area contributed by atoms with Crippen LogP contribution in [-0.2, 0) is 14.3 Å². The van der Waals surface area contributed by atoms with Crippen molar-refractivity contribution < 1.29 is 14.3 Å². The first-order valence-corrected chi connectivity index (χ1v) is 3.04. The van der Waals surface area contributed by atoms with Crippen molar-refractivity contribution in [3.05, 3.63) is 0 Å². The van der Waals surface area contributed by atoms with E-state index >= 15 is 0 Å². The molecule has 0 N–H and O–H groups in total. The lowest BCUT2D eigenvalue weighted by atomic mass is 10.3. The lowest BCUT2D eigenvalue weighted by molar-refractivity contribution is -0.146. The smallest absolute Gasteiger partial charge is 0.302 e. The van der Waals surface area contributed by atoms with Crippen molar-refractivity contribution in [3.8, 4) is 0 Å². The second-order valence-electron chi connectivity index (χ2n) is 2.10. The number of carbonyl (C=O) groups excluding carboxylic acids is 1. The van der Waals surface area contributed by atoms with Gasteiger partial charge < -0.3 is 9.47 Å². The Balaban J connectivity index is 2.19. The molecule has 1 rings (SSSR count). The van der Waals surface area contributed by atoms with Crippen molar-refractivity contribution in [1.82, 2.24) is 0 Å². The van der Waals surface area contributed by atoms with Crippen LogP contribution in [0.2, 0.25) is 0 Å². The quantitative estimate of drug-likeness (QED) is 0.480. The average Bonchev–Trinajstić information content (AvgIpc) is 2.15. The van der Waals surface area contributed by atoms with Gasteiger partial charge in [0.15, 0.2) is 0 Å². The van der Waals surface area contributed by atoms with Gasteiger partial charge in [0, 0.05) is 13.3 Å². The van der Waals surface area contributed by atoms with E-state index in [1.165, 1.54) is 6.92 Å². The van der Waals surface area contributed by atoms with E-state index < -0.39 is 0 Å². The minimum absolute atomic E-state index is 0.0162. The lowest BCUT2D eigenvalue weighted by Gasteiger charge is -2.05. The van der Waals surface area contributed by atoms with E-state index in [4.69, 9.17) is 9.47 Å². The van der Waals surface area contributed by atoms with Gasteiger partial charge >= 0.3 is 5.97 Å². The summed E-state index contributed by atoms with van der Waals surface area (Å²) in [6.07, 6.45) is 0.863. The van der Waals surface area contributed by atoms with E-state index in [-0.39, 0.29) is 12.1 Å². The van der Waals surface area contributed by atoms with Gasteiger partial charge in [-0.1, -0.05) is 0 Å². The Morgan fingerprint density at radius 1 is 1.78 bits per heavy atom. The average molecular weight is 130 g/mol. The molecule has 1 saturated heterocycles. The van der Waals surface area contributed by atoms with Crippen LogP contribution >= 0.6 is 0 Å². The Labute approximate surface area is 53.9 Å². The zero-order valence-corrected chi connectivity index (χ0v) is 5.42. The van der Waals surface area contributed by atoms with Gasteiger partial charge in [-0.2, -0.15) is 0 Å². The molecule has 1 aliphatic rings. The molecular weight excluding hydrogens is 120 g/mol. The van der Waals surface area contributed by atoms with Crippen molar-refractivity contribution in [2.24, 2.45) is 0 Å². The highest BCUT2D eigenvalue weighted by Gasteiger charge is 2.17. The van der Waals surface area contributed by atoms with Crippen molar-refractivity contribution in [2.75, 3.05) is 13.2 Å². The topological polar surface area (TPSA) is 35.5 Å². The van der Waals surface area contributed by atoms with Crippen LogP contribution in [-0.4, -0.2) is 25.3 Å². The fourth-order valence-electron chi connectivity index (χ4n) is 0.841. The van der Waals surface area contributed by atoms with Gasteiger partial charge in [-0.05, 0) is 0 Å². The van der Waals surface area contributed by atoms with Gasteiger partial charge in [0.05, 0.1) is 13.2 Å². The maximum absolute atomic E-state index is 10.3. The number of rotatable bonds is 1. The van der Waals surface area contributed by atoms with E-state index in [2.05, 4.69) is 0 Å². The number of carbonyl (C=O) groups is 1. The van der Waals surface area contributed by atoms with Crippen LogP contribution < -0.4 is 0 Å². The van der Waals surface area contributed by atoms with Crippen molar-refractivity contribution >= 4 is 5.97 Å². The number of ether oxygens (including phenoxy) is 2. The molecule has 0 aromatic heterocycles. The van der Waals surface area contributed by atoms with Crippen molar-refractivity contribution in [1.29, 1.82) is 0 Å². The third-order valence-corrected chi connectivity index (χ3v) is 1.22. The summed E-state index contributed by atoms with van der Waals surface area (Å²) in [5.74, 6) is -0.217. The summed E-state index contributed by atoms with van der Waals surface area (Å²) < 4.78 is 9.83. The molecule has 0 saturated carbocycles. The van der Waals surface area contributed by atoms with E-state index in [1.54, 1.807) is 0 Å². The maximum atomic E-state index is 10.3. The second-order valence-corrected chi connectivity index (χ2v) is 2.10. The summed E-state index contributed by atoms with van der Waals surface area (Å²) in [5.41, 5.74) is 0. The number of esters is 1. The molecule has 3 heteroatoms. The normalized spacial score (nSPS) is 26.1. The molecule has 1 fully saturated rings. The molecule has 1 heterocycles. The zero-order valence-electron chi connectivity index (χ0n) is 5.42. The molecule has 0 aromatic carbocycles. The summed E-state index contributed by atoms with van der Waals surface area (Å²) in [6.45, 7) is 2.70. The molecule has 0 spiro atoms. The van der Waals surface area contributed by atoms with Gasteiger partial charge in [-0.3, -0.25) is 4.79 Å². The molecule has 0 unspecified atom stereocenters. The summed E-state index contributed by atoms with van der Waals surface area (Å²) in [5, 5.41) is 0. The van der Waals surface area contributed by atoms with Crippen molar-refractivity contribution in [2.45, 2.75) is 19.4 Å². The van der Waals surface area contributed by atoms with Crippen molar-refractivity contribution in [3.63, 3.8) is 0 Å². The van der Waals surface area contributed by atoms with E-state index in [0.717, 1.165) is 13.0 Å². The summed E-state index contributed by atoms with van der Waals surface area (Å²) >= 11 is 0. The first kappa shape index (κ1) is 6.55. The zero-order chi connectivity index (χ0) is 6.69. The maximum Gasteiger partial charge on any atom is 0.302 e. The molecule has 9 heavy (non-hydrogen) atoms. The van der Waals surface area contributed by atoms with Gasteiger partial charge in [0.25, 0.3) is 0 Å². The largest absolute Gasteiger partial charge is 0.460 e. The molecule has 0 bridgehead atoms. The molecule has 0 aromatic rings. The first-order valence-electron chi connectivity index (χ1n) is 3.04. The molecular formula is C6H10O3. The van der Waals surface area contributed by atoms with Gasteiger partial charge in [0.2, 0.25) is 0 Å². The minimum atomic E-state index is -0.217. The predicted octanol–water partition coefficient (Wildman–Crippen LogP) is 0.338. The molecule has 0 radical (unpaired) electrons. The van der Waals surface area contributed by atoms with E-state index in [1.807, 2.05) is 0 Å². The van der Waals surface area contributed by atoms with Gasteiger partial charge in [-0.15, -0.1) is 0 Å². The van der Waals surface area contributed by atoms with E-state index in [0.29, 0.717) is 6.61 Å². The fourth-order valence-corrected chi connectivity index (χ4v) is 0.841. The highest BCUT2D eigenvalue weighted by Crippen LogP contribution is 2.07. The standard InChI is InChI=1S/C6H10O3/c1-5(7)9-6-2-3-8-4-6/h6H,2-4H2,1H3/t6-/m0/s1. The molecule has 1 aliphatic heterocycles. The number of hydrogen-bond donors (Lipinski definition) is 0. The lowest BCUT2D eigenvalue weighted by Crippen LogP contribution is -2.15. The minimum Gasteiger partial charge on any atom is -0.460 e. The van der Waals surface area contributed by atoms with Crippen LogP contribution in [0.4, 0.5) is 0 Å². The Bertz CT molecular complexity index is 105. The molecule has 1 atom stereocenters. The summed E-state index contributed by atoms with van der Waals surface area (Å²) in [4.78, 5) is 10.3. The Kier molecular flexibility index (Phi) is 2.05. The highest BCUT2D eigenvalue weighted by atomic mass is 16.6. The van der Waals surface area contributed by atoms with Crippen LogP contribution in [0.3, 0.4) is 0 Å². The third kappa shape index (κ3) is 2.01. The highest BCUT2D eigenvalue weighted by molar-refractivity contribution is 5.66. The van der Waals surface area contributed by atoms with Crippen LogP contribution in [0, 0.1) is 0 Å². The summed E-state index contributed by atoms with van der Waals surface area (Å²) in [7, 11) is 0. The second kappa shape index (κ2) is 2.82. The van der Waals surface area contributed by atoms with Crippen LogP contribution in [0.5, 0.6) is 0 Å². The SMILES string of the molecule is CC(=O)O[C@H]1CCOC1. The van der Waals surface area contributed by atoms with Crippen LogP contribution in [0.1, 0.15) is 13.3 Å². The molecule has 0 aliphatic carbocycles. The predicted molar refractivity (Wildman–Crippen MR) is 31.0 cm³/mol. The Morgan fingerprint density at radius 3 is 3.00 bits per heavy atom. The monoisotopic (exact) mass is 130 g/mol. The molecule has 0 amide bonds. The summed E-state index contributed by atoms with van der Waals surface area (Å²) in [6, 6.07) is 0. The van der Waals surface area contributed by atoms with E-state index in [9.17, 15) is 4.79 Å². The fraction of sp³-hybridized carbons (Fsp3) is 0.833. The third-order valence-electron chi connectivity index (χ3n) is 1.22. The van der Waals surface area contributed by atoms with Crippen LogP contribution in [0.25, 0.3) is 0 Å². The number of hydrogen-bond acceptors (Lipinski definition) is 3. The first-order chi connectivity index (χ1) is 4.29. The molecule has 52 valence electrons. The van der Waals surface area contributed by atoms with Crippen LogP contribution in [0.15, 0.2) is 0 Å². The Hall–Kier alpha value is -0.570. The van der Waals surface area contributed by atoms with Gasteiger partial charge in [-0.25, -0.2) is 0 Å². The molecule has 3 nitrogen and oxygen atoms in total. The van der Waals surface area contributed by atoms with Gasteiger partial charge in [0.1, 0.15) is 6.10 Å². The Morgan fingerprint density at radius 2 is 2.56 bits per heavy atom.